The van der Waals surface area contributed by atoms with Gasteiger partial charge in [-0.05, 0) is 103 Å². The smallest absolute Gasteiger partial charge is 0.225 e. The van der Waals surface area contributed by atoms with Gasteiger partial charge < -0.3 is 0 Å². The summed E-state index contributed by atoms with van der Waals surface area (Å²) in [6.07, 6.45) is 12.8. The van der Waals surface area contributed by atoms with E-state index < -0.39 is 0 Å². The second-order valence-corrected chi connectivity index (χ2v) is 12.9. The molecule has 3 heteroatoms. The zero-order chi connectivity index (χ0) is 22.6. The van der Waals surface area contributed by atoms with Crippen molar-refractivity contribution in [2.75, 3.05) is 0 Å². The maximum absolute atomic E-state index is 12.5. The van der Waals surface area contributed by atoms with Gasteiger partial charge in [-0.1, -0.05) is 53.9 Å². The average Bonchev–Trinajstić information content (AvgIpc) is 2.73. The molecule has 31 heavy (non-hydrogen) atoms. The van der Waals surface area contributed by atoms with Crippen LogP contribution in [0.15, 0.2) is 0 Å². The molecule has 2 nitrogen and oxygen atoms in total. The van der Waals surface area contributed by atoms with Gasteiger partial charge in [0.2, 0.25) is 5.24 Å². The minimum atomic E-state index is -0.0747. The van der Waals surface area contributed by atoms with E-state index in [9.17, 15) is 9.59 Å². The second-order valence-electron chi connectivity index (χ2n) is 12.5. The Bertz CT molecular complexity index is 703. The Morgan fingerprint density at radius 3 is 2.45 bits per heavy atom. The zero-order valence-corrected chi connectivity index (χ0v) is 21.3. The van der Waals surface area contributed by atoms with Crippen LogP contribution >= 0.6 is 11.6 Å². The Balaban J connectivity index is 1.64. The Morgan fingerprint density at radius 1 is 1.06 bits per heavy atom. The Hall–Kier alpha value is -0.370. The van der Waals surface area contributed by atoms with Crippen molar-refractivity contribution in [3.05, 3.63) is 0 Å². The third kappa shape index (κ3) is 3.75. The van der Waals surface area contributed by atoms with Gasteiger partial charge in [0.1, 0.15) is 5.78 Å². The van der Waals surface area contributed by atoms with Crippen LogP contribution < -0.4 is 0 Å². The third-order valence-electron chi connectivity index (χ3n) is 11.3. The van der Waals surface area contributed by atoms with Gasteiger partial charge in [-0.3, -0.25) is 9.59 Å². The summed E-state index contributed by atoms with van der Waals surface area (Å²) in [5.74, 6) is 4.53. The maximum Gasteiger partial charge on any atom is 0.225 e. The highest BCUT2D eigenvalue weighted by molar-refractivity contribution is 6.64. The molecule has 4 aliphatic rings. The Kier molecular flexibility index (Phi) is 6.73. The largest absolute Gasteiger partial charge is 0.299 e. The van der Waals surface area contributed by atoms with E-state index in [0.717, 1.165) is 31.1 Å². The fourth-order valence-corrected chi connectivity index (χ4v) is 10.1. The van der Waals surface area contributed by atoms with Gasteiger partial charge in [0, 0.05) is 18.3 Å². The molecule has 0 N–H and O–H groups in total. The molecule has 0 aromatic heterocycles. The van der Waals surface area contributed by atoms with Crippen LogP contribution in [0.3, 0.4) is 0 Å². The summed E-state index contributed by atoms with van der Waals surface area (Å²) < 4.78 is 0. The van der Waals surface area contributed by atoms with Crippen molar-refractivity contribution >= 4 is 22.6 Å². The standard InChI is InChI=1S/C28H45ClO2/c1-6-7-8-17(2)25-19-10-12-24-27(4)16-14-23(30)18(3)21(27)13-15-28(24,5)22(19)11-9-20(25)26(29)31/h17-22,24-25H,6-16H2,1-5H3. The quantitative estimate of drug-likeness (QED) is 0.404. The summed E-state index contributed by atoms with van der Waals surface area (Å²) in [7, 11) is 0. The predicted octanol–water partition coefficient (Wildman–Crippen LogP) is 7.67. The van der Waals surface area contributed by atoms with Crippen LogP contribution in [0.1, 0.15) is 105 Å². The number of carbonyl (C=O) groups is 2. The van der Waals surface area contributed by atoms with Gasteiger partial charge >= 0.3 is 0 Å². The molecule has 4 rings (SSSR count). The lowest BCUT2D eigenvalue weighted by Gasteiger charge is -2.66. The van der Waals surface area contributed by atoms with E-state index in [1.165, 1.54) is 51.4 Å². The average molecular weight is 449 g/mol. The molecule has 0 saturated heterocycles. The van der Waals surface area contributed by atoms with Crippen LogP contribution in [0.2, 0.25) is 0 Å². The molecule has 0 heterocycles. The van der Waals surface area contributed by atoms with Crippen molar-refractivity contribution < 1.29 is 9.59 Å². The first-order valence-electron chi connectivity index (χ1n) is 13.4. The fourth-order valence-electron chi connectivity index (χ4n) is 9.82. The van der Waals surface area contributed by atoms with Gasteiger partial charge in [-0.15, -0.1) is 0 Å². The minimum Gasteiger partial charge on any atom is -0.299 e. The number of carbonyl (C=O) groups excluding carboxylic acids is 2. The van der Waals surface area contributed by atoms with Crippen molar-refractivity contribution in [1.29, 1.82) is 0 Å². The van der Waals surface area contributed by atoms with E-state index >= 15 is 0 Å². The van der Waals surface area contributed by atoms with Crippen LogP contribution in [0.5, 0.6) is 0 Å². The lowest BCUT2D eigenvalue weighted by atomic mass is 9.38. The molecule has 4 fully saturated rings. The monoisotopic (exact) mass is 448 g/mol. The zero-order valence-electron chi connectivity index (χ0n) is 20.6. The van der Waals surface area contributed by atoms with Gasteiger partial charge in [-0.25, -0.2) is 0 Å². The molecule has 0 spiro atoms. The number of hydrogen-bond donors (Lipinski definition) is 0. The normalized spacial score (nSPS) is 48.3. The fraction of sp³-hybridized carbons (Fsp3) is 0.929. The number of hydrogen-bond acceptors (Lipinski definition) is 2. The summed E-state index contributed by atoms with van der Waals surface area (Å²) in [4.78, 5) is 25.0. The lowest BCUT2D eigenvalue weighted by Crippen LogP contribution is -2.60. The van der Waals surface area contributed by atoms with Crippen molar-refractivity contribution in [2.45, 2.75) is 105 Å². The molecule has 0 aliphatic heterocycles. The van der Waals surface area contributed by atoms with E-state index in [2.05, 4.69) is 34.6 Å². The van der Waals surface area contributed by atoms with Crippen LogP contribution in [-0.4, -0.2) is 11.0 Å². The Morgan fingerprint density at radius 2 is 1.77 bits per heavy atom. The number of halogens is 1. The van der Waals surface area contributed by atoms with E-state index in [1.54, 1.807) is 0 Å². The van der Waals surface area contributed by atoms with Gasteiger partial charge in [0.05, 0.1) is 0 Å². The van der Waals surface area contributed by atoms with Gasteiger partial charge in [0.25, 0.3) is 0 Å². The summed E-state index contributed by atoms with van der Waals surface area (Å²) in [5, 5.41) is -0.0747. The van der Waals surface area contributed by atoms with Crippen LogP contribution in [0, 0.1) is 58.2 Å². The predicted molar refractivity (Wildman–Crippen MR) is 128 cm³/mol. The second kappa shape index (κ2) is 8.77. The molecular weight excluding hydrogens is 404 g/mol. The topological polar surface area (TPSA) is 34.1 Å². The van der Waals surface area contributed by atoms with Gasteiger partial charge in [-0.2, -0.15) is 0 Å². The maximum atomic E-state index is 12.5. The van der Waals surface area contributed by atoms with Crippen molar-refractivity contribution in [3.8, 4) is 0 Å². The molecule has 10 atom stereocenters. The number of ketones is 1. The first-order valence-corrected chi connectivity index (χ1v) is 13.7. The summed E-state index contributed by atoms with van der Waals surface area (Å²) in [6.45, 7) is 12.0. The van der Waals surface area contributed by atoms with Crippen LogP contribution in [0.25, 0.3) is 0 Å². The molecule has 0 radical (unpaired) electrons. The van der Waals surface area contributed by atoms with Crippen molar-refractivity contribution in [2.24, 2.45) is 58.2 Å². The number of fused-ring (bicyclic) bond motifs is 5. The molecule has 10 unspecified atom stereocenters. The summed E-state index contributed by atoms with van der Waals surface area (Å²) in [6, 6.07) is 0. The highest BCUT2D eigenvalue weighted by atomic mass is 35.5. The first kappa shape index (κ1) is 23.8. The molecular formula is C28H45ClO2. The summed E-state index contributed by atoms with van der Waals surface area (Å²) in [5.41, 5.74) is 0.672. The molecule has 4 aliphatic carbocycles. The minimum absolute atomic E-state index is 0.0640. The highest BCUT2D eigenvalue weighted by Crippen LogP contribution is 2.69. The lowest BCUT2D eigenvalue weighted by molar-refractivity contribution is -0.183. The highest BCUT2D eigenvalue weighted by Gasteiger charge is 2.63. The molecule has 0 amide bonds. The molecule has 0 bridgehead atoms. The van der Waals surface area contributed by atoms with E-state index in [0.29, 0.717) is 40.3 Å². The third-order valence-corrected chi connectivity index (χ3v) is 11.6. The Labute approximate surface area is 195 Å². The molecule has 0 aromatic rings. The summed E-state index contributed by atoms with van der Waals surface area (Å²) >= 11 is 6.20. The van der Waals surface area contributed by atoms with Crippen molar-refractivity contribution in [1.82, 2.24) is 0 Å². The van der Waals surface area contributed by atoms with Crippen LogP contribution in [-0.2, 0) is 9.59 Å². The number of unbranched alkanes of at least 4 members (excludes halogenated alkanes) is 1. The number of Topliss-reactive ketones (excluding diaryl/α,β-unsaturated/α-hetero) is 1. The van der Waals surface area contributed by atoms with Crippen molar-refractivity contribution in [3.63, 3.8) is 0 Å². The van der Waals surface area contributed by atoms with E-state index in [-0.39, 0.29) is 17.1 Å². The SMILES string of the molecule is CCCCC(C)C1C(C(=O)Cl)CCC2C1CCC1C3(C)CCC(=O)C(C)C3CCC21C. The molecule has 0 aromatic carbocycles. The molecule has 176 valence electrons. The first-order chi connectivity index (χ1) is 14.6. The van der Waals surface area contributed by atoms with E-state index in [1.807, 2.05) is 0 Å². The van der Waals surface area contributed by atoms with Gasteiger partial charge in [0.15, 0.2) is 0 Å². The van der Waals surface area contributed by atoms with E-state index in [4.69, 9.17) is 11.6 Å². The number of rotatable bonds is 5. The molecule has 4 saturated carbocycles. The van der Waals surface area contributed by atoms with Crippen LogP contribution in [0.4, 0.5) is 0 Å².